The van der Waals surface area contributed by atoms with Gasteiger partial charge in [0, 0.05) is 30.6 Å². The summed E-state index contributed by atoms with van der Waals surface area (Å²) in [7, 11) is 0. The van der Waals surface area contributed by atoms with Gasteiger partial charge in [0.1, 0.15) is 5.58 Å². The molecule has 45 heavy (non-hydrogen) atoms. The minimum absolute atomic E-state index is 0.00654. The SMILES string of the molecule is Cc1cc2oc(C(=O)N[C@@H](C=C3CCC(c4ccccc4CN4CCCC4=O)CC3)Cc3ccc(Cl)cc3)cc(=O)c2cc1C. The summed E-state index contributed by atoms with van der Waals surface area (Å²) in [4.78, 5) is 40.7. The third kappa shape index (κ3) is 7.23. The van der Waals surface area contributed by atoms with Gasteiger partial charge in [-0.25, -0.2) is 0 Å². The Labute approximate surface area is 269 Å². The molecule has 1 N–H and O–H groups in total. The van der Waals surface area contributed by atoms with E-state index in [1.165, 1.54) is 22.8 Å². The number of likely N-dealkylation sites (tertiary alicyclic amines) is 1. The Morgan fingerprint density at radius 2 is 1.73 bits per heavy atom. The lowest BCUT2D eigenvalue weighted by Crippen LogP contribution is -2.36. The fraction of sp³-hybridized carbons (Fsp3) is 0.342. The number of amides is 2. The Kier molecular flexibility index (Phi) is 9.22. The van der Waals surface area contributed by atoms with E-state index < -0.39 is 5.91 Å². The van der Waals surface area contributed by atoms with Crippen LogP contribution in [0.2, 0.25) is 5.02 Å². The number of aryl methyl sites for hydroxylation is 2. The van der Waals surface area contributed by atoms with Crippen LogP contribution in [0, 0.1) is 13.8 Å². The molecule has 232 valence electrons. The first-order chi connectivity index (χ1) is 21.7. The average molecular weight is 623 g/mol. The van der Waals surface area contributed by atoms with E-state index in [0.29, 0.717) is 41.3 Å². The summed E-state index contributed by atoms with van der Waals surface area (Å²) in [5.41, 5.74) is 7.13. The fourth-order valence-corrected chi connectivity index (χ4v) is 6.82. The van der Waals surface area contributed by atoms with E-state index in [4.69, 9.17) is 16.0 Å². The lowest BCUT2D eigenvalue weighted by atomic mass is 9.79. The number of halogens is 1. The van der Waals surface area contributed by atoms with Gasteiger partial charge in [0.15, 0.2) is 11.2 Å². The molecular weight excluding hydrogens is 584 g/mol. The van der Waals surface area contributed by atoms with Crippen LogP contribution in [0.5, 0.6) is 0 Å². The van der Waals surface area contributed by atoms with Crippen molar-refractivity contribution < 1.29 is 14.0 Å². The van der Waals surface area contributed by atoms with Gasteiger partial charge in [-0.2, -0.15) is 0 Å². The maximum Gasteiger partial charge on any atom is 0.287 e. The second-order valence-corrected chi connectivity index (χ2v) is 13.0. The maximum absolute atomic E-state index is 13.5. The molecule has 2 aliphatic rings. The topological polar surface area (TPSA) is 79.6 Å². The van der Waals surface area contributed by atoms with Gasteiger partial charge < -0.3 is 14.6 Å². The predicted molar refractivity (Wildman–Crippen MR) is 179 cm³/mol. The van der Waals surface area contributed by atoms with E-state index >= 15 is 0 Å². The van der Waals surface area contributed by atoms with Gasteiger partial charge in [0.25, 0.3) is 5.91 Å². The van der Waals surface area contributed by atoms with Gasteiger partial charge in [0.2, 0.25) is 5.91 Å². The largest absolute Gasteiger partial charge is 0.451 e. The molecule has 0 spiro atoms. The minimum atomic E-state index is -0.415. The Balaban J connectivity index is 1.20. The lowest BCUT2D eigenvalue weighted by molar-refractivity contribution is -0.128. The summed E-state index contributed by atoms with van der Waals surface area (Å²) in [5.74, 6) is 0.272. The van der Waals surface area contributed by atoms with Gasteiger partial charge >= 0.3 is 0 Å². The van der Waals surface area contributed by atoms with Crippen molar-refractivity contribution >= 4 is 34.4 Å². The molecule has 2 amide bonds. The van der Waals surface area contributed by atoms with Crippen molar-refractivity contribution in [2.45, 2.75) is 77.3 Å². The first kappa shape index (κ1) is 30.8. The van der Waals surface area contributed by atoms with E-state index in [1.807, 2.05) is 55.1 Å². The molecule has 2 heterocycles. The third-order valence-electron chi connectivity index (χ3n) is 9.34. The molecule has 1 saturated heterocycles. The molecule has 4 aromatic rings. The number of hydrogen-bond donors (Lipinski definition) is 1. The number of carbonyl (C=O) groups excluding carboxylic acids is 2. The van der Waals surface area contributed by atoms with Crippen molar-refractivity contribution in [1.82, 2.24) is 10.2 Å². The molecular formula is C38H39ClN2O4. The monoisotopic (exact) mass is 622 g/mol. The van der Waals surface area contributed by atoms with Crippen LogP contribution >= 0.6 is 11.6 Å². The van der Waals surface area contributed by atoms with Gasteiger partial charge in [-0.1, -0.05) is 59.6 Å². The summed E-state index contributed by atoms with van der Waals surface area (Å²) in [6.07, 6.45) is 8.24. The van der Waals surface area contributed by atoms with Gasteiger partial charge in [0.05, 0.1) is 11.4 Å². The number of nitrogens with one attached hydrogen (secondary N) is 1. The average Bonchev–Trinajstić information content (AvgIpc) is 3.43. The molecule has 3 aromatic carbocycles. The molecule has 1 atom stereocenters. The third-order valence-corrected chi connectivity index (χ3v) is 9.60. The summed E-state index contributed by atoms with van der Waals surface area (Å²) in [6.45, 7) is 5.44. The number of carbonyl (C=O) groups is 2. The van der Waals surface area contributed by atoms with Crippen LogP contribution in [0.1, 0.15) is 82.8 Å². The molecule has 1 saturated carbocycles. The van der Waals surface area contributed by atoms with Crippen LogP contribution in [0.3, 0.4) is 0 Å². The fourth-order valence-electron chi connectivity index (χ4n) is 6.69. The first-order valence-electron chi connectivity index (χ1n) is 15.9. The highest BCUT2D eigenvalue weighted by molar-refractivity contribution is 6.30. The Morgan fingerprint density at radius 1 is 1.00 bits per heavy atom. The summed E-state index contributed by atoms with van der Waals surface area (Å²) >= 11 is 6.14. The quantitative estimate of drug-likeness (QED) is 0.203. The van der Waals surface area contributed by atoms with Gasteiger partial charge in [-0.3, -0.25) is 14.4 Å². The Bertz CT molecular complexity index is 1810. The van der Waals surface area contributed by atoms with Gasteiger partial charge in [-0.05, 0) is 110 Å². The zero-order chi connectivity index (χ0) is 31.5. The molecule has 2 fully saturated rings. The molecule has 1 aliphatic carbocycles. The molecule has 0 radical (unpaired) electrons. The van der Waals surface area contributed by atoms with E-state index in [2.05, 4.69) is 35.7 Å². The Morgan fingerprint density at radius 3 is 2.47 bits per heavy atom. The Hall–Kier alpha value is -4.16. The number of rotatable bonds is 8. The number of allylic oxidation sites excluding steroid dienone is 1. The van der Waals surface area contributed by atoms with Crippen LogP contribution in [0.4, 0.5) is 0 Å². The smallest absolute Gasteiger partial charge is 0.287 e. The molecule has 1 aliphatic heterocycles. The molecule has 7 heteroatoms. The summed E-state index contributed by atoms with van der Waals surface area (Å²) in [5, 5.41) is 4.27. The van der Waals surface area contributed by atoms with E-state index in [0.717, 1.165) is 55.3 Å². The maximum atomic E-state index is 13.5. The van der Waals surface area contributed by atoms with Crippen LogP contribution in [0.15, 0.2) is 87.6 Å². The van der Waals surface area contributed by atoms with Gasteiger partial charge in [-0.15, -0.1) is 0 Å². The molecule has 6 nitrogen and oxygen atoms in total. The summed E-state index contributed by atoms with van der Waals surface area (Å²) in [6, 6.07) is 20.8. The molecule has 0 unspecified atom stereocenters. The van der Waals surface area contributed by atoms with E-state index in [1.54, 1.807) is 0 Å². The highest BCUT2D eigenvalue weighted by Crippen LogP contribution is 2.37. The van der Waals surface area contributed by atoms with E-state index in [9.17, 15) is 14.4 Å². The second-order valence-electron chi connectivity index (χ2n) is 12.5. The van der Waals surface area contributed by atoms with Crippen molar-refractivity contribution in [2.24, 2.45) is 0 Å². The highest BCUT2D eigenvalue weighted by atomic mass is 35.5. The van der Waals surface area contributed by atoms with Crippen LogP contribution in [0.25, 0.3) is 11.0 Å². The van der Waals surface area contributed by atoms with Crippen LogP contribution < -0.4 is 10.7 Å². The first-order valence-corrected chi connectivity index (χ1v) is 16.3. The number of fused-ring (bicyclic) bond motifs is 1. The van der Waals surface area contributed by atoms with Crippen molar-refractivity contribution in [3.63, 3.8) is 0 Å². The summed E-state index contributed by atoms with van der Waals surface area (Å²) < 4.78 is 5.95. The standard InChI is InChI=1S/C38H39ClN2O4/c1-24-18-33-34(42)22-36(45-35(33)19-25(24)2)38(44)40-31(21-27-11-15-30(39)16-12-27)20-26-9-13-28(14-10-26)32-7-4-3-6-29(32)23-41-17-5-8-37(41)43/h3-4,6-7,11-12,15-16,18-20,22,28,31H,5,8-10,13-14,17,21,23H2,1-2H3,(H,40,44)/t28?,31-/m0/s1. The zero-order valence-corrected chi connectivity index (χ0v) is 26.7. The van der Waals surface area contributed by atoms with Crippen molar-refractivity contribution in [3.05, 3.63) is 127 Å². The number of benzene rings is 3. The number of hydrogen-bond acceptors (Lipinski definition) is 4. The normalized spacial score (nSPS) is 17.5. The van der Waals surface area contributed by atoms with Crippen molar-refractivity contribution in [3.8, 4) is 0 Å². The van der Waals surface area contributed by atoms with E-state index in [-0.39, 0.29) is 23.1 Å². The molecule has 0 bridgehead atoms. The predicted octanol–water partition coefficient (Wildman–Crippen LogP) is 7.81. The zero-order valence-electron chi connectivity index (χ0n) is 25.9. The second kappa shape index (κ2) is 13.5. The van der Waals surface area contributed by atoms with Crippen molar-refractivity contribution in [1.29, 1.82) is 0 Å². The minimum Gasteiger partial charge on any atom is -0.451 e. The van der Waals surface area contributed by atoms with Crippen molar-refractivity contribution in [2.75, 3.05) is 6.54 Å². The highest BCUT2D eigenvalue weighted by Gasteiger charge is 2.25. The van der Waals surface area contributed by atoms with Crippen LogP contribution in [-0.4, -0.2) is 29.3 Å². The lowest BCUT2D eigenvalue weighted by Gasteiger charge is -2.28. The molecule has 1 aromatic heterocycles. The van der Waals surface area contributed by atoms with Crippen LogP contribution in [-0.2, 0) is 17.8 Å². The number of nitrogens with zero attached hydrogens (tertiary/aromatic N) is 1. The molecule has 6 rings (SSSR count).